The summed E-state index contributed by atoms with van der Waals surface area (Å²) in [5, 5.41) is 4.94. The maximum Gasteiger partial charge on any atom is 0.227 e. The fourth-order valence-corrected chi connectivity index (χ4v) is 9.13. The molecule has 12 rings (SSSR count). The highest BCUT2D eigenvalue weighted by atomic mass is 16.3. The van der Waals surface area contributed by atoms with E-state index in [9.17, 15) is 0 Å². The van der Waals surface area contributed by atoms with E-state index in [4.69, 9.17) is 9.40 Å². The van der Waals surface area contributed by atoms with Crippen LogP contribution in [0.25, 0.3) is 105 Å². The van der Waals surface area contributed by atoms with Gasteiger partial charge in [-0.2, -0.15) is 0 Å². The lowest BCUT2D eigenvalue weighted by Crippen LogP contribution is -1.94. The third-order valence-electron chi connectivity index (χ3n) is 12.9. The van der Waals surface area contributed by atoms with Crippen molar-refractivity contribution in [3.8, 4) is 61.6 Å². The molecule has 348 valence electrons. The lowest BCUT2D eigenvalue weighted by atomic mass is 9.89. The quantitative estimate of drug-likeness (QED) is 0.142. The number of hydrogen-bond donors (Lipinski definition) is 0. The summed E-state index contributed by atoms with van der Waals surface area (Å²) in [6.07, 6.45) is 6.56. The Kier molecular flexibility index (Phi) is 14.9. The van der Waals surface area contributed by atoms with Crippen LogP contribution in [0.5, 0.6) is 0 Å². The van der Waals surface area contributed by atoms with Gasteiger partial charge in [0.25, 0.3) is 0 Å². The molecule has 0 N–H and O–H groups in total. The molecule has 3 nitrogen and oxygen atoms in total. The van der Waals surface area contributed by atoms with Gasteiger partial charge in [-0.3, -0.25) is 0 Å². The Labute approximate surface area is 423 Å². The predicted octanol–water partition coefficient (Wildman–Crippen LogP) is 19.4. The molecule has 0 saturated heterocycles. The number of oxazole rings is 1. The summed E-state index contributed by atoms with van der Waals surface area (Å²) < 4.78 is 8.76. The molecule has 0 aliphatic heterocycles. The minimum Gasteiger partial charge on any atom is -0.436 e. The van der Waals surface area contributed by atoms with Crippen molar-refractivity contribution < 1.29 is 4.42 Å². The van der Waals surface area contributed by atoms with Crippen LogP contribution in [0, 0.1) is 13.8 Å². The fourth-order valence-electron chi connectivity index (χ4n) is 9.13. The van der Waals surface area contributed by atoms with Crippen LogP contribution < -0.4 is 0 Å². The monoisotopic (exact) mass is 928 g/mol. The van der Waals surface area contributed by atoms with Gasteiger partial charge in [0.2, 0.25) is 5.89 Å². The zero-order chi connectivity index (χ0) is 49.8. The minimum absolute atomic E-state index is 0.613. The van der Waals surface area contributed by atoms with Crippen LogP contribution >= 0.6 is 0 Å². The van der Waals surface area contributed by atoms with Gasteiger partial charge in [-0.25, -0.2) is 4.98 Å². The Balaban J connectivity index is 0.000000347. The van der Waals surface area contributed by atoms with E-state index in [1.807, 2.05) is 12.1 Å². The van der Waals surface area contributed by atoms with Crippen LogP contribution in [-0.2, 0) is 0 Å². The van der Waals surface area contributed by atoms with E-state index >= 15 is 0 Å². The van der Waals surface area contributed by atoms with Crippen LogP contribution in [0.2, 0.25) is 0 Å². The van der Waals surface area contributed by atoms with Crippen molar-refractivity contribution in [2.45, 2.75) is 13.8 Å². The van der Waals surface area contributed by atoms with Crippen molar-refractivity contribution in [2.75, 3.05) is 0 Å². The van der Waals surface area contributed by atoms with Crippen molar-refractivity contribution in [1.29, 1.82) is 0 Å². The first kappa shape index (κ1) is 47.7. The number of aryl methyl sites for hydroxylation is 2. The molecule has 12 aromatic rings. The Morgan fingerprint density at radius 2 is 0.764 bits per heavy atom. The van der Waals surface area contributed by atoms with Gasteiger partial charge in [0, 0.05) is 27.6 Å². The topological polar surface area (TPSA) is 31.0 Å². The van der Waals surface area contributed by atoms with Crippen LogP contribution in [0.15, 0.2) is 286 Å². The molecule has 0 amide bonds. The first-order valence-corrected chi connectivity index (χ1v) is 24.2. The number of rotatable bonds is 8. The highest BCUT2D eigenvalue weighted by Crippen LogP contribution is 2.41. The Bertz CT molecular complexity index is 3740. The first-order chi connectivity index (χ1) is 35.4. The van der Waals surface area contributed by atoms with Gasteiger partial charge in [-0.05, 0) is 117 Å². The average molecular weight is 929 g/mol. The lowest BCUT2D eigenvalue weighted by Gasteiger charge is -2.15. The van der Waals surface area contributed by atoms with Crippen molar-refractivity contribution >= 4 is 43.7 Å². The number of nitrogens with zero attached hydrogens (tertiary/aromatic N) is 2. The molecule has 0 unspecified atom stereocenters. The third-order valence-corrected chi connectivity index (χ3v) is 12.9. The summed E-state index contributed by atoms with van der Waals surface area (Å²) in [4.78, 5) is 5.06. The van der Waals surface area contributed by atoms with Crippen LogP contribution in [-0.4, -0.2) is 9.55 Å². The van der Waals surface area contributed by atoms with E-state index in [0.717, 1.165) is 39.0 Å². The van der Waals surface area contributed by atoms with Gasteiger partial charge < -0.3 is 8.98 Å². The van der Waals surface area contributed by atoms with E-state index in [-0.39, 0.29) is 0 Å². The van der Waals surface area contributed by atoms with E-state index in [0.29, 0.717) is 5.89 Å². The van der Waals surface area contributed by atoms with Crippen molar-refractivity contribution in [3.05, 3.63) is 292 Å². The Morgan fingerprint density at radius 1 is 0.361 bits per heavy atom. The molecular formula is C69H56N2O. The number of para-hydroxylation sites is 3. The Morgan fingerprint density at radius 3 is 1.31 bits per heavy atom. The normalized spacial score (nSPS) is 10.6. The summed E-state index contributed by atoms with van der Waals surface area (Å²) in [5.41, 5.74) is 18.2. The van der Waals surface area contributed by atoms with E-state index in [2.05, 4.69) is 263 Å². The molecule has 0 aliphatic carbocycles. The zero-order valence-electron chi connectivity index (χ0n) is 40.9. The van der Waals surface area contributed by atoms with Crippen molar-refractivity contribution in [2.24, 2.45) is 0 Å². The number of allylic oxidation sites excluding steroid dienone is 4. The molecule has 3 heteroatoms. The lowest BCUT2D eigenvalue weighted by molar-refractivity contribution is 0.620. The zero-order valence-corrected chi connectivity index (χ0v) is 40.9. The summed E-state index contributed by atoms with van der Waals surface area (Å²) in [6, 6.07) is 81.7. The second-order valence-corrected chi connectivity index (χ2v) is 17.3. The average Bonchev–Trinajstić information content (AvgIpc) is 4.04. The summed E-state index contributed by atoms with van der Waals surface area (Å²) in [5.74, 6) is 0.613. The minimum atomic E-state index is 0.613. The fraction of sp³-hybridized carbons (Fsp3) is 0.0290. The molecule has 0 atom stereocenters. The second-order valence-electron chi connectivity index (χ2n) is 17.3. The molecule has 0 saturated carbocycles. The van der Waals surface area contributed by atoms with Gasteiger partial charge in [-0.1, -0.05) is 239 Å². The van der Waals surface area contributed by atoms with E-state index in [1.165, 1.54) is 71.5 Å². The number of fused-ring (bicyclic) bond motifs is 5. The molecule has 0 radical (unpaired) electrons. The SMILES string of the molecule is C=CC=C.C=CC=C.Cc1ccccc1C.c1ccc(-c2ccccc2-c2ccc(-n3c4ccccc4c4ccccc43)cc2)c(-c2ccc(-c3nc4c(-c5cccc6ccccc56)cccc4o3)cc2)c1. The summed E-state index contributed by atoms with van der Waals surface area (Å²) in [7, 11) is 0. The Hall–Kier alpha value is -9.31. The molecule has 0 aliphatic rings. The molecular weight excluding hydrogens is 873 g/mol. The largest absolute Gasteiger partial charge is 0.436 e. The smallest absolute Gasteiger partial charge is 0.227 e. The van der Waals surface area contributed by atoms with Gasteiger partial charge in [0.15, 0.2) is 5.58 Å². The van der Waals surface area contributed by atoms with Crippen LogP contribution in [0.4, 0.5) is 0 Å². The van der Waals surface area contributed by atoms with Gasteiger partial charge in [0.05, 0.1) is 11.0 Å². The molecule has 2 heterocycles. The van der Waals surface area contributed by atoms with Crippen molar-refractivity contribution in [1.82, 2.24) is 9.55 Å². The highest BCUT2D eigenvalue weighted by molar-refractivity contribution is 6.09. The maximum atomic E-state index is 6.39. The highest BCUT2D eigenvalue weighted by Gasteiger charge is 2.17. The molecule has 10 aromatic carbocycles. The van der Waals surface area contributed by atoms with E-state index < -0.39 is 0 Å². The standard InChI is InChI=1S/C53H34N2O.C8H10.2C4H6/c1-2-15-40-35(13-1)14-11-22-45(40)48-23-12-26-51-52(48)54-53(56-51)38-29-27-36(28-30-38)41-16-3-5-18-43(41)44-19-6-4-17-42(44)37-31-33-39(34-32-37)55-49-24-9-7-20-46(49)47-21-8-10-25-50(47)55;1-7-5-3-4-6-8(7)2;2*1-3-4-2/h1-34H;3-6H,1-2H3;2*3-4H,1-2H2. The summed E-state index contributed by atoms with van der Waals surface area (Å²) >= 11 is 0. The number of hydrogen-bond acceptors (Lipinski definition) is 2. The van der Waals surface area contributed by atoms with Crippen LogP contribution in [0.3, 0.4) is 0 Å². The van der Waals surface area contributed by atoms with Crippen molar-refractivity contribution in [3.63, 3.8) is 0 Å². The van der Waals surface area contributed by atoms with Gasteiger partial charge >= 0.3 is 0 Å². The number of aromatic nitrogens is 2. The number of benzene rings is 10. The molecule has 0 fully saturated rings. The molecule has 72 heavy (non-hydrogen) atoms. The molecule has 2 aromatic heterocycles. The second kappa shape index (κ2) is 22.4. The van der Waals surface area contributed by atoms with Gasteiger partial charge in [0.1, 0.15) is 5.52 Å². The maximum absolute atomic E-state index is 6.39. The first-order valence-electron chi connectivity index (χ1n) is 24.2. The predicted molar refractivity (Wildman–Crippen MR) is 310 cm³/mol. The third kappa shape index (κ3) is 10.0. The molecule has 0 spiro atoms. The molecule has 0 bridgehead atoms. The van der Waals surface area contributed by atoms with E-state index in [1.54, 1.807) is 24.3 Å². The van der Waals surface area contributed by atoms with Gasteiger partial charge in [-0.15, -0.1) is 0 Å². The van der Waals surface area contributed by atoms with Crippen LogP contribution in [0.1, 0.15) is 11.1 Å². The summed E-state index contributed by atoms with van der Waals surface area (Å²) in [6.45, 7) is 17.7.